The summed E-state index contributed by atoms with van der Waals surface area (Å²) in [6, 6.07) is 119. The third-order valence-electron chi connectivity index (χ3n) is 19.8. The van der Waals surface area contributed by atoms with Gasteiger partial charge in [-0.3, -0.25) is 0 Å². The van der Waals surface area contributed by atoms with Crippen molar-refractivity contribution >= 4 is 119 Å². The lowest BCUT2D eigenvalue weighted by molar-refractivity contribution is 1.38. The summed E-state index contributed by atoms with van der Waals surface area (Å²) >= 11 is 0. The molecule has 414 valence electrons. The fraction of sp³-hybridized carbons (Fsp3) is 0. The van der Waals surface area contributed by atoms with Crippen molar-refractivity contribution in [3.63, 3.8) is 0 Å². The maximum Gasteiger partial charge on any atom is 0.0620 e. The van der Waals surface area contributed by atoms with Crippen LogP contribution in [0.25, 0.3) is 197 Å². The van der Waals surface area contributed by atoms with E-state index in [1.165, 1.54) is 197 Å². The average Bonchev–Trinajstić information content (AvgIpc) is 1.55. The molecule has 0 bridgehead atoms. The maximum absolute atomic E-state index is 2.56. The van der Waals surface area contributed by atoms with Gasteiger partial charge < -0.3 is 8.80 Å². The van der Waals surface area contributed by atoms with Gasteiger partial charge in [0.1, 0.15) is 0 Å². The molecule has 0 spiro atoms. The Morgan fingerprint density at radius 3 is 1.00 bits per heavy atom. The number of hydrogen-bond acceptors (Lipinski definition) is 0. The van der Waals surface area contributed by atoms with E-state index < -0.39 is 0 Å². The van der Waals surface area contributed by atoms with Gasteiger partial charge in [0.15, 0.2) is 0 Å². The third kappa shape index (κ3) is 7.28. The van der Waals surface area contributed by atoms with Gasteiger partial charge in [-0.05, 0) is 212 Å². The highest BCUT2D eigenvalue weighted by molar-refractivity contribution is 6.29. The summed E-state index contributed by atoms with van der Waals surface area (Å²) in [5.41, 5.74) is 24.4. The summed E-state index contributed by atoms with van der Waals surface area (Å²) in [7, 11) is 0. The van der Waals surface area contributed by atoms with E-state index in [-0.39, 0.29) is 0 Å². The molecule has 0 fully saturated rings. The molecule has 2 heteroatoms. The van der Waals surface area contributed by atoms with Crippen LogP contribution in [0.5, 0.6) is 0 Å². The van der Waals surface area contributed by atoms with Gasteiger partial charge in [-0.25, -0.2) is 0 Å². The first kappa shape index (κ1) is 49.3. The van der Waals surface area contributed by atoms with Crippen LogP contribution < -0.4 is 0 Å². The van der Waals surface area contributed by atoms with Crippen molar-refractivity contribution in [2.75, 3.05) is 0 Å². The van der Waals surface area contributed by atoms with Crippen molar-refractivity contribution in [1.82, 2.24) is 8.80 Å². The molecular formula is C88H52N2. The van der Waals surface area contributed by atoms with Gasteiger partial charge in [-0.15, -0.1) is 0 Å². The third-order valence-corrected chi connectivity index (χ3v) is 19.8. The zero-order valence-electron chi connectivity index (χ0n) is 48.9. The molecule has 0 unspecified atom stereocenters. The van der Waals surface area contributed by atoms with Crippen LogP contribution in [0.15, 0.2) is 315 Å². The van der Waals surface area contributed by atoms with Crippen molar-refractivity contribution in [2.45, 2.75) is 0 Å². The quantitative estimate of drug-likeness (QED) is 0.150. The Morgan fingerprint density at radius 2 is 0.500 bits per heavy atom. The first-order valence-electron chi connectivity index (χ1n) is 31.3. The van der Waals surface area contributed by atoms with Crippen LogP contribution in [0.1, 0.15) is 0 Å². The maximum atomic E-state index is 2.56. The number of benzene rings is 16. The van der Waals surface area contributed by atoms with Crippen LogP contribution in [0.4, 0.5) is 0 Å². The normalized spacial score (nSPS) is 12.2. The topological polar surface area (TPSA) is 8.82 Å². The molecule has 0 atom stereocenters. The molecule has 90 heavy (non-hydrogen) atoms. The molecule has 0 radical (unpaired) electrons. The minimum atomic E-state index is 1.20. The van der Waals surface area contributed by atoms with Crippen molar-refractivity contribution < 1.29 is 0 Å². The SMILES string of the molecule is c1ccc(-c2ccc(-c3cc4c5cc6ccccc6cc5n5c6cc7cccc(-c8ccc9cc%10c(cc9c8)c8cc(-c9cc(-c%11ccccc%11)ccc9-c9ccccc9)cc9c%11cc%12ccccc%12cc%11n%10c98)c7cc6c(c3)c45)c(-c3ccccc3)c2)cc1. The Bertz CT molecular complexity index is 6350. The Morgan fingerprint density at radius 1 is 0.144 bits per heavy atom. The molecule has 20 aromatic rings. The highest BCUT2D eigenvalue weighted by Crippen LogP contribution is 2.49. The van der Waals surface area contributed by atoms with E-state index in [0.29, 0.717) is 0 Å². The van der Waals surface area contributed by atoms with Gasteiger partial charge >= 0.3 is 0 Å². The number of hydrogen-bond donors (Lipinski definition) is 0. The molecule has 16 aromatic carbocycles. The summed E-state index contributed by atoms with van der Waals surface area (Å²) in [6.07, 6.45) is 0. The van der Waals surface area contributed by atoms with E-state index in [4.69, 9.17) is 0 Å². The summed E-state index contributed by atoms with van der Waals surface area (Å²) < 4.78 is 5.11. The molecule has 4 aromatic heterocycles. The minimum Gasteiger partial charge on any atom is -0.308 e. The van der Waals surface area contributed by atoms with Crippen LogP contribution in [-0.2, 0) is 0 Å². The predicted octanol–water partition coefficient (Wildman–Crippen LogP) is 24.3. The molecule has 0 aliphatic rings. The van der Waals surface area contributed by atoms with E-state index in [9.17, 15) is 0 Å². The van der Waals surface area contributed by atoms with Gasteiger partial charge in [0.2, 0.25) is 0 Å². The molecule has 0 N–H and O–H groups in total. The Balaban J connectivity index is 0.808. The van der Waals surface area contributed by atoms with Gasteiger partial charge in [-0.2, -0.15) is 0 Å². The van der Waals surface area contributed by atoms with Gasteiger partial charge in [0, 0.05) is 43.1 Å². The van der Waals surface area contributed by atoms with E-state index in [1.54, 1.807) is 0 Å². The summed E-state index contributed by atoms with van der Waals surface area (Å²) in [5.74, 6) is 0. The van der Waals surface area contributed by atoms with Gasteiger partial charge in [-0.1, -0.05) is 224 Å². The lowest BCUT2D eigenvalue weighted by atomic mass is 9.89. The monoisotopic (exact) mass is 1140 g/mol. The first-order valence-corrected chi connectivity index (χ1v) is 31.3. The second-order valence-electron chi connectivity index (χ2n) is 24.8. The van der Waals surface area contributed by atoms with Crippen molar-refractivity contribution in [3.05, 3.63) is 315 Å². The molecule has 0 aliphatic carbocycles. The van der Waals surface area contributed by atoms with Crippen molar-refractivity contribution in [3.8, 4) is 77.9 Å². The van der Waals surface area contributed by atoms with Crippen LogP contribution >= 0.6 is 0 Å². The number of fused-ring (bicyclic) bond motifs is 16. The number of aromatic nitrogens is 2. The average molecular weight is 1140 g/mol. The Labute approximate surface area is 518 Å². The van der Waals surface area contributed by atoms with E-state index >= 15 is 0 Å². The lowest BCUT2D eigenvalue weighted by Crippen LogP contribution is -1.88. The Hall–Kier alpha value is -11.8. The summed E-state index contributed by atoms with van der Waals surface area (Å²) in [6.45, 7) is 0. The number of nitrogens with zero attached hydrogens (tertiary/aromatic N) is 2. The van der Waals surface area contributed by atoms with Crippen LogP contribution in [0.3, 0.4) is 0 Å². The zero-order valence-corrected chi connectivity index (χ0v) is 48.9. The van der Waals surface area contributed by atoms with Crippen molar-refractivity contribution in [1.29, 1.82) is 0 Å². The van der Waals surface area contributed by atoms with Crippen LogP contribution in [-0.4, -0.2) is 8.80 Å². The Kier molecular flexibility index (Phi) is 10.3. The summed E-state index contributed by atoms with van der Waals surface area (Å²) in [5, 5.41) is 20.0. The molecule has 4 heterocycles. The van der Waals surface area contributed by atoms with E-state index in [1.807, 2.05) is 0 Å². The fourth-order valence-electron chi connectivity index (χ4n) is 15.6. The highest BCUT2D eigenvalue weighted by Gasteiger charge is 2.25. The lowest BCUT2D eigenvalue weighted by Gasteiger charge is -2.14. The van der Waals surface area contributed by atoms with Crippen molar-refractivity contribution in [2.24, 2.45) is 0 Å². The smallest absolute Gasteiger partial charge is 0.0620 e. The van der Waals surface area contributed by atoms with E-state index in [2.05, 4.69) is 324 Å². The molecule has 2 nitrogen and oxygen atoms in total. The molecule has 0 saturated carbocycles. The predicted molar refractivity (Wildman–Crippen MR) is 384 cm³/mol. The molecule has 0 aliphatic heterocycles. The molecular weight excluding hydrogens is 1080 g/mol. The van der Waals surface area contributed by atoms with Crippen LogP contribution in [0, 0.1) is 0 Å². The summed E-state index contributed by atoms with van der Waals surface area (Å²) in [4.78, 5) is 0. The van der Waals surface area contributed by atoms with Crippen LogP contribution in [0.2, 0.25) is 0 Å². The molecule has 0 saturated heterocycles. The van der Waals surface area contributed by atoms with Gasteiger partial charge in [0.05, 0.1) is 33.1 Å². The van der Waals surface area contributed by atoms with E-state index in [0.717, 1.165) is 0 Å². The standard InChI is InChI=1S/C88H52N2/c1-5-18-53(19-6-1)61-35-37-71(72(39-61)56-24-11-4-12-25-56)67-44-79-75-41-57-26-13-16-29-60(57)49-84(75)90-86-51-64-30-17-31-69(74(64)52-78(86)82(45-67)88(79)90)65-33-32-63-50-85-77(43-66(63)38-65)81-47-68(46-80-76-42-58-27-14-15-28-59(58)48-83(76)89(85)87(80)81)73-40-62(54-20-7-2-8-21-54)34-36-70(73)55-22-9-3-10-23-55/h1-52H. The second-order valence-corrected chi connectivity index (χ2v) is 24.8. The molecule has 0 amide bonds. The fourth-order valence-corrected chi connectivity index (χ4v) is 15.6. The largest absolute Gasteiger partial charge is 0.308 e. The second kappa shape index (κ2) is 18.8. The first-order chi connectivity index (χ1) is 44.6. The minimum absolute atomic E-state index is 1.20. The van der Waals surface area contributed by atoms with Gasteiger partial charge in [0.25, 0.3) is 0 Å². The molecule has 20 rings (SSSR count). The number of rotatable bonds is 7. The highest BCUT2D eigenvalue weighted by atomic mass is 14.9. The zero-order chi connectivity index (χ0) is 58.7.